The zero-order valence-corrected chi connectivity index (χ0v) is 16.8. The molecule has 0 aliphatic heterocycles. The highest BCUT2D eigenvalue weighted by molar-refractivity contribution is 7.92. The summed E-state index contributed by atoms with van der Waals surface area (Å²) in [4.78, 5) is 12.5. The van der Waals surface area contributed by atoms with Crippen LogP contribution in [0, 0.1) is 0 Å². The van der Waals surface area contributed by atoms with Crippen LogP contribution in [0.4, 0.5) is 37.7 Å². The molecule has 0 saturated carbocycles. The summed E-state index contributed by atoms with van der Waals surface area (Å²) in [6.45, 7) is 1.15. The van der Waals surface area contributed by atoms with Crippen LogP contribution in [0.3, 0.4) is 0 Å². The first-order valence-corrected chi connectivity index (χ1v) is 10.3. The molecule has 0 radical (unpaired) electrons. The van der Waals surface area contributed by atoms with Crippen molar-refractivity contribution in [3.63, 3.8) is 0 Å². The summed E-state index contributed by atoms with van der Waals surface area (Å²) >= 11 is 0. The van der Waals surface area contributed by atoms with Crippen LogP contribution in [0.15, 0.2) is 48.5 Å². The Bertz CT molecular complexity index is 1040. The number of rotatable bonds is 6. The molecule has 1 atom stereocenters. The van der Waals surface area contributed by atoms with Crippen molar-refractivity contribution in [2.24, 2.45) is 0 Å². The average molecular weight is 470 g/mol. The third kappa shape index (κ3) is 6.77. The fourth-order valence-corrected chi connectivity index (χ4v) is 3.78. The van der Waals surface area contributed by atoms with E-state index in [4.69, 9.17) is 0 Å². The highest BCUT2D eigenvalue weighted by Gasteiger charge is 2.34. The molecule has 13 heteroatoms. The van der Waals surface area contributed by atoms with Gasteiger partial charge in [-0.3, -0.25) is 9.10 Å². The molecule has 0 aliphatic rings. The van der Waals surface area contributed by atoms with E-state index < -0.39 is 45.8 Å². The molecule has 2 aromatic carbocycles. The van der Waals surface area contributed by atoms with Gasteiger partial charge in [0, 0.05) is 5.69 Å². The third-order valence-corrected chi connectivity index (χ3v) is 5.11. The summed E-state index contributed by atoms with van der Waals surface area (Å²) in [7, 11) is -4.18. The van der Waals surface area contributed by atoms with Crippen molar-refractivity contribution in [2.45, 2.75) is 25.5 Å². The topological polar surface area (TPSA) is 75.7 Å². The van der Waals surface area contributed by atoms with E-state index in [2.05, 4.69) is 10.1 Å². The lowest BCUT2D eigenvalue weighted by Gasteiger charge is -2.28. The van der Waals surface area contributed by atoms with Crippen LogP contribution in [0.5, 0.6) is 5.75 Å². The molecule has 1 N–H and O–H groups in total. The van der Waals surface area contributed by atoms with Gasteiger partial charge in [0.1, 0.15) is 11.8 Å². The SMILES string of the molecule is C[C@H](C(=O)Nc1ccc(OC(F)(F)F)cc1)N(c1cccc(C(F)(F)F)c1)S(C)(=O)=O. The van der Waals surface area contributed by atoms with E-state index in [1.54, 1.807) is 0 Å². The van der Waals surface area contributed by atoms with E-state index in [9.17, 15) is 39.6 Å². The van der Waals surface area contributed by atoms with E-state index in [0.29, 0.717) is 10.4 Å². The number of halogens is 6. The molecule has 6 nitrogen and oxygen atoms in total. The maximum atomic E-state index is 13.0. The third-order valence-electron chi connectivity index (χ3n) is 3.87. The molecule has 0 saturated heterocycles. The van der Waals surface area contributed by atoms with Gasteiger partial charge < -0.3 is 10.1 Å². The number of benzene rings is 2. The van der Waals surface area contributed by atoms with Crippen LogP contribution in [0.1, 0.15) is 12.5 Å². The number of amides is 1. The van der Waals surface area contributed by atoms with Gasteiger partial charge in [-0.25, -0.2) is 8.42 Å². The summed E-state index contributed by atoms with van der Waals surface area (Å²) in [6, 6.07) is 5.98. The van der Waals surface area contributed by atoms with E-state index in [-0.39, 0.29) is 11.4 Å². The number of sulfonamides is 1. The Balaban J connectivity index is 2.26. The summed E-state index contributed by atoms with van der Waals surface area (Å²) < 4.78 is 104. The molecular formula is C18H16F6N2O4S. The van der Waals surface area contributed by atoms with Crippen LogP contribution in [0.25, 0.3) is 0 Å². The number of nitrogens with zero attached hydrogens (tertiary/aromatic N) is 1. The first-order chi connectivity index (χ1) is 14.1. The number of anilines is 2. The van der Waals surface area contributed by atoms with E-state index in [0.717, 1.165) is 55.6 Å². The Hall–Kier alpha value is -2.96. The second-order valence-corrected chi connectivity index (χ2v) is 8.20. The average Bonchev–Trinajstić information content (AvgIpc) is 2.60. The van der Waals surface area contributed by atoms with E-state index in [1.165, 1.54) is 0 Å². The summed E-state index contributed by atoms with van der Waals surface area (Å²) in [5, 5.41) is 2.29. The van der Waals surface area contributed by atoms with Gasteiger partial charge in [-0.15, -0.1) is 13.2 Å². The van der Waals surface area contributed by atoms with Gasteiger partial charge in [0.2, 0.25) is 15.9 Å². The predicted octanol–water partition coefficient (Wildman–Crippen LogP) is 4.40. The molecule has 0 aliphatic carbocycles. The van der Waals surface area contributed by atoms with Gasteiger partial charge in [0.05, 0.1) is 17.5 Å². The molecule has 0 unspecified atom stereocenters. The summed E-state index contributed by atoms with van der Waals surface area (Å²) in [6.07, 6.45) is -8.91. The van der Waals surface area contributed by atoms with Gasteiger partial charge in [0.15, 0.2) is 0 Å². The Morgan fingerprint density at radius 2 is 1.61 bits per heavy atom. The highest BCUT2D eigenvalue weighted by atomic mass is 32.2. The minimum Gasteiger partial charge on any atom is -0.406 e. The van der Waals surface area contributed by atoms with Crippen LogP contribution in [-0.2, 0) is 21.0 Å². The van der Waals surface area contributed by atoms with Crippen molar-refractivity contribution in [2.75, 3.05) is 15.9 Å². The standard InChI is InChI=1S/C18H16F6N2O4S/c1-11(16(27)25-13-6-8-15(9-7-13)30-18(22,23)24)26(31(2,28)29)14-5-3-4-12(10-14)17(19,20)21/h3-11H,1-2H3,(H,25,27)/t11-/m1/s1. The Morgan fingerprint density at radius 1 is 1.03 bits per heavy atom. The first kappa shape index (κ1) is 24.3. The molecular weight excluding hydrogens is 454 g/mol. The molecule has 31 heavy (non-hydrogen) atoms. The molecule has 0 fully saturated rings. The number of hydrogen-bond donors (Lipinski definition) is 1. The van der Waals surface area contributed by atoms with Crippen LogP contribution >= 0.6 is 0 Å². The predicted molar refractivity (Wildman–Crippen MR) is 100.0 cm³/mol. The number of nitrogens with one attached hydrogen (secondary N) is 1. The van der Waals surface area contributed by atoms with Gasteiger partial charge in [0.25, 0.3) is 0 Å². The Morgan fingerprint density at radius 3 is 2.10 bits per heavy atom. The second kappa shape index (κ2) is 8.65. The largest absolute Gasteiger partial charge is 0.573 e. The number of ether oxygens (including phenoxy) is 1. The van der Waals surface area contributed by atoms with Crippen LogP contribution in [0.2, 0.25) is 0 Å². The maximum absolute atomic E-state index is 13.0. The molecule has 0 bridgehead atoms. The lowest BCUT2D eigenvalue weighted by Crippen LogP contribution is -2.45. The molecule has 1 amide bonds. The zero-order chi connectivity index (χ0) is 23.6. The van der Waals surface area contributed by atoms with E-state index in [1.807, 2.05) is 0 Å². The monoisotopic (exact) mass is 470 g/mol. The van der Waals surface area contributed by atoms with Gasteiger partial charge >= 0.3 is 12.5 Å². The van der Waals surface area contributed by atoms with Crippen LogP contribution in [-0.4, -0.2) is 33.0 Å². The van der Waals surface area contributed by atoms with Crippen molar-refractivity contribution in [3.05, 3.63) is 54.1 Å². The first-order valence-electron chi connectivity index (χ1n) is 8.41. The number of alkyl halides is 6. The fraction of sp³-hybridized carbons (Fsp3) is 0.278. The minimum atomic E-state index is -4.90. The Kier molecular flexibility index (Phi) is 6.78. The van der Waals surface area contributed by atoms with Gasteiger partial charge in [-0.2, -0.15) is 13.2 Å². The van der Waals surface area contributed by atoms with E-state index >= 15 is 0 Å². The number of hydrogen-bond acceptors (Lipinski definition) is 4. The lowest BCUT2D eigenvalue weighted by atomic mass is 10.1. The Labute approximate surface area is 173 Å². The summed E-state index contributed by atoms with van der Waals surface area (Å²) in [5.74, 6) is -1.47. The highest BCUT2D eigenvalue weighted by Crippen LogP contribution is 2.33. The molecule has 2 rings (SSSR count). The molecule has 0 spiro atoms. The number of carbonyl (C=O) groups is 1. The van der Waals surface area contributed by atoms with Crippen molar-refractivity contribution < 1.29 is 44.3 Å². The molecule has 170 valence electrons. The molecule has 0 aromatic heterocycles. The lowest BCUT2D eigenvalue weighted by molar-refractivity contribution is -0.274. The minimum absolute atomic E-state index is 0.0175. The summed E-state index contributed by atoms with van der Waals surface area (Å²) in [5.41, 5.74) is -1.47. The zero-order valence-electron chi connectivity index (χ0n) is 16.0. The normalized spacial score (nSPS) is 13.4. The fourth-order valence-electron chi connectivity index (χ4n) is 2.61. The second-order valence-electron chi connectivity index (χ2n) is 6.34. The van der Waals surface area contributed by atoms with Crippen molar-refractivity contribution in [3.8, 4) is 5.75 Å². The van der Waals surface area contributed by atoms with Crippen molar-refractivity contribution in [1.29, 1.82) is 0 Å². The quantitative estimate of drug-likeness (QED) is 0.636. The van der Waals surface area contributed by atoms with Gasteiger partial charge in [-0.1, -0.05) is 6.07 Å². The van der Waals surface area contributed by atoms with Gasteiger partial charge in [-0.05, 0) is 49.4 Å². The number of carbonyl (C=O) groups excluding carboxylic acids is 1. The van der Waals surface area contributed by atoms with Crippen molar-refractivity contribution >= 4 is 27.3 Å². The van der Waals surface area contributed by atoms with Crippen LogP contribution < -0.4 is 14.4 Å². The smallest absolute Gasteiger partial charge is 0.406 e. The maximum Gasteiger partial charge on any atom is 0.573 e. The van der Waals surface area contributed by atoms with Crippen molar-refractivity contribution in [1.82, 2.24) is 0 Å². The molecule has 0 heterocycles. The molecule has 2 aromatic rings.